The number of aryl methyl sites for hydroxylation is 1. The van der Waals surface area contributed by atoms with E-state index in [0.29, 0.717) is 11.6 Å². The number of aliphatic hydroxyl groups excluding tert-OH is 1. The van der Waals surface area contributed by atoms with E-state index in [1.54, 1.807) is 0 Å². The molecule has 0 unspecified atom stereocenters. The van der Waals surface area contributed by atoms with Crippen LogP contribution in [0.5, 0.6) is 0 Å². The van der Waals surface area contributed by atoms with E-state index >= 15 is 0 Å². The Bertz CT molecular complexity index is 484. The number of hydrogen-bond donors (Lipinski definition) is 3. The molecule has 6 nitrogen and oxygen atoms in total. The molecule has 110 valence electrons. The molecule has 0 radical (unpaired) electrons. The maximum atomic E-state index is 11.9. The van der Waals surface area contributed by atoms with E-state index in [0.717, 1.165) is 63.4 Å². The lowest BCUT2D eigenvalue weighted by Gasteiger charge is -2.31. The molecule has 1 amide bonds. The Morgan fingerprint density at radius 3 is 3.15 bits per heavy atom. The van der Waals surface area contributed by atoms with Crippen molar-refractivity contribution >= 4 is 5.91 Å². The monoisotopic (exact) mass is 278 g/mol. The van der Waals surface area contributed by atoms with Gasteiger partial charge in [-0.2, -0.15) is 0 Å². The van der Waals surface area contributed by atoms with Gasteiger partial charge in [-0.3, -0.25) is 4.79 Å². The van der Waals surface area contributed by atoms with Crippen molar-refractivity contribution < 1.29 is 9.90 Å². The minimum absolute atomic E-state index is 0.0528. The van der Waals surface area contributed by atoms with Gasteiger partial charge in [0.05, 0.1) is 6.61 Å². The number of rotatable bonds is 3. The summed E-state index contributed by atoms with van der Waals surface area (Å²) in [6.07, 6.45) is 4.05. The van der Waals surface area contributed by atoms with Crippen molar-refractivity contribution in [2.75, 3.05) is 32.8 Å². The van der Waals surface area contributed by atoms with Crippen LogP contribution in [0.25, 0.3) is 0 Å². The summed E-state index contributed by atoms with van der Waals surface area (Å²) in [5.41, 5.74) is 1.56. The lowest BCUT2D eigenvalue weighted by molar-refractivity contribution is 0.0951. The number of likely N-dealkylation sites (tertiary alicyclic amines) is 1. The van der Waals surface area contributed by atoms with Crippen LogP contribution >= 0.6 is 0 Å². The highest BCUT2D eigenvalue weighted by atomic mass is 16.3. The molecule has 3 heterocycles. The average Bonchev–Trinajstić information content (AvgIpc) is 2.81. The van der Waals surface area contributed by atoms with Gasteiger partial charge in [-0.1, -0.05) is 0 Å². The number of aromatic nitrogens is 2. The molecule has 1 aromatic heterocycles. The number of piperidine rings is 1. The summed E-state index contributed by atoms with van der Waals surface area (Å²) in [6.45, 7) is 3.60. The molecule has 0 spiro atoms. The summed E-state index contributed by atoms with van der Waals surface area (Å²) in [5.74, 6) is 1.23. The Kier molecular flexibility index (Phi) is 4.03. The second-order valence-corrected chi connectivity index (χ2v) is 5.67. The van der Waals surface area contributed by atoms with Crippen molar-refractivity contribution in [2.45, 2.75) is 31.6 Å². The summed E-state index contributed by atoms with van der Waals surface area (Å²) < 4.78 is 0. The van der Waals surface area contributed by atoms with Crippen LogP contribution < -0.4 is 5.32 Å². The van der Waals surface area contributed by atoms with E-state index in [1.807, 2.05) is 0 Å². The van der Waals surface area contributed by atoms with Crippen LogP contribution in [-0.4, -0.2) is 58.7 Å². The number of carbonyl (C=O) groups excluding carboxylic acids is 1. The normalized spacial score (nSPS) is 24.1. The number of amides is 1. The first-order valence-electron chi connectivity index (χ1n) is 7.48. The lowest BCUT2D eigenvalue weighted by atomic mass is 9.97. The molecule has 1 aromatic rings. The van der Waals surface area contributed by atoms with Gasteiger partial charge in [0.2, 0.25) is 0 Å². The molecular weight excluding hydrogens is 256 g/mol. The zero-order chi connectivity index (χ0) is 13.9. The van der Waals surface area contributed by atoms with E-state index in [2.05, 4.69) is 20.2 Å². The topological polar surface area (TPSA) is 81.2 Å². The van der Waals surface area contributed by atoms with Gasteiger partial charge >= 0.3 is 0 Å². The Labute approximate surface area is 118 Å². The molecule has 6 heteroatoms. The van der Waals surface area contributed by atoms with Gasteiger partial charge in [0.15, 0.2) is 0 Å². The number of fused-ring (bicyclic) bond motifs is 1. The van der Waals surface area contributed by atoms with Gasteiger partial charge in [-0.25, -0.2) is 4.98 Å². The number of nitrogens with one attached hydrogen (secondary N) is 2. The van der Waals surface area contributed by atoms with Gasteiger partial charge in [-0.15, -0.1) is 0 Å². The second-order valence-electron chi connectivity index (χ2n) is 5.67. The molecule has 20 heavy (non-hydrogen) atoms. The van der Waals surface area contributed by atoms with Crippen molar-refractivity contribution in [3.63, 3.8) is 0 Å². The van der Waals surface area contributed by atoms with E-state index in [9.17, 15) is 4.79 Å². The molecule has 2 aliphatic heterocycles. The van der Waals surface area contributed by atoms with Crippen LogP contribution in [0.2, 0.25) is 0 Å². The summed E-state index contributed by atoms with van der Waals surface area (Å²) in [4.78, 5) is 22.1. The Morgan fingerprint density at radius 2 is 2.30 bits per heavy atom. The van der Waals surface area contributed by atoms with Crippen LogP contribution in [0.15, 0.2) is 0 Å². The van der Waals surface area contributed by atoms with Crippen LogP contribution in [0.4, 0.5) is 0 Å². The fraction of sp³-hybridized carbons (Fsp3) is 0.714. The van der Waals surface area contributed by atoms with Gasteiger partial charge in [-0.05, 0) is 32.2 Å². The molecule has 1 fully saturated rings. The maximum Gasteiger partial charge on any atom is 0.271 e. The largest absolute Gasteiger partial charge is 0.395 e. The molecule has 3 rings (SSSR count). The van der Waals surface area contributed by atoms with E-state index in [1.165, 1.54) is 0 Å². The van der Waals surface area contributed by atoms with Crippen molar-refractivity contribution in [1.82, 2.24) is 20.2 Å². The summed E-state index contributed by atoms with van der Waals surface area (Å²) >= 11 is 0. The molecule has 0 aliphatic carbocycles. The minimum atomic E-state index is -0.0528. The maximum absolute atomic E-state index is 11.9. The highest BCUT2D eigenvalue weighted by Crippen LogP contribution is 2.26. The van der Waals surface area contributed by atoms with E-state index < -0.39 is 0 Å². The van der Waals surface area contributed by atoms with Gasteiger partial charge < -0.3 is 20.3 Å². The zero-order valence-corrected chi connectivity index (χ0v) is 11.7. The predicted octanol–water partition coefficient (Wildman–Crippen LogP) is 0.257. The van der Waals surface area contributed by atoms with Crippen molar-refractivity contribution in [3.05, 3.63) is 17.2 Å². The van der Waals surface area contributed by atoms with Gasteiger partial charge in [0, 0.05) is 31.2 Å². The van der Waals surface area contributed by atoms with Crippen LogP contribution in [0.3, 0.4) is 0 Å². The third-order valence-electron chi connectivity index (χ3n) is 4.21. The van der Waals surface area contributed by atoms with E-state index in [4.69, 9.17) is 5.11 Å². The molecule has 0 aromatic carbocycles. The summed E-state index contributed by atoms with van der Waals surface area (Å²) in [6, 6.07) is 0. The smallest absolute Gasteiger partial charge is 0.271 e. The first-order chi connectivity index (χ1) is 9.78. The zero-order valence-electron chi connectivity index (χ0n) is 11.7. The standard InChI is InChI=1S/C14H22N4O2/c19-8-7-18-6-2-3-10(9-18)13-16-11-4-1-5-15-14(20)12(11)17-13/h10,19H,1-9H2,(H,15,20)(H,16,17)/t10-/m1/s1. The summed E-state index contributed by atoms with van der Waals surface area (Å²) in [5, 5.41) is 11.9. The Morgan fingerprint density at radius 1 is 1.40 bits per heavy atom. The Hall–Kier alpha value is -1.40. The number of carbonyl (C=O) groups is 1. The first kappa shape index (κ1) is 13.6. The van der Waals surface area contributed by atoms with Crippen LogP contribution in [-0.2, 0) is 6.42 Å². The number of aliphatic hydroxyl groups is 1. The van der Waals surface area contributed by atoms with Crippen LogP contribution in [0.1, 0.15) is 47.2 Å². The third kappa shape index (κ3) is 2.71. The van der Waals surface area contributed by atoms with Crippen molar-refractivity contribution in [3.8, 4) is 0 Å². The second kappa shape index (κ2) is 5.93. The van der Waals surface area contributed by atoms with Crippen molar-refractivity contribution in [1.29, 1.82) is 0 Å². The van der Waals surface area contributed by atoms with Crippen molar-refractivity contribution in [2.24, 2.45) is 0 Å². The van der Waals surface area contributed by atoms with E-state index in [-0.39, 0.29) is 12.5 Å². The average molecular weight is 278 g/mol. The SMILES string of the molecule is O=C1NCCCc2[nH]c([C@@H]3CCCN(CCO)C3)nc21. The first-order valence-corrected chi connectivity index (χ1v) is 7.48. The fourth-order valence-corrected chi connectivity index (χ4v) is 3.17. The number of aromatic amines is 1. The highest BCUT2D eigenvalue weighted by Gasteiger charge is 2.27. The highest BCUT2D eigenvalue weighted by molar-refractivity contribution is 5.93. The molecule has 2 aliphatic rings. The third-order valence-corrected chi connectivity index (χ3v) is 4.21. The minimum Gasteiger partial charge on any atom is -0.395 e. The van der Waals surface area contributed by atoms with Gasteiger partial charge in [0.25, 0.3) is 5.91 Å². The molecule has 3 N–H and O–H groups in total. The molecule has 1 saturated heterocycles. The number of hydrogen-bond acceptors (Lipinski definition) is 4. The molecular formula is C14H22N4O2. The van der Waals surface area contributed by atoms with Gasteiger partial charge in [0.1, 0.15) is 11.5 Å². The summed E-state index contributed by atoms with van der Waals surface area (Å²) in [7, 11) is 0. The number of nitrogens with zero attached hydrogens (tertiary/aromatic N) is 2. The number of H-pyrrole nitrogens is 1. The fourth-order valence-electron chi connectivity index (χ4n) is 3.17. The van der Waals surface area contributed by atoms with Crippen LogP contribution in [0, 0.1) is 0 Å². The number of imidazole rings is 1. The predicted molar refractivity (Wildman–Crippen MR) is 74.7 cm³/mol. The molecule has 1 atom stereocenters. The lowest BCUT2D eigenvalue weighted by Crippen LogP contribution is -2.36. The Balaban J connectivity index is 1.77. The quantitative estimate of drug-likeness (QED) is 0.741. The number of β-amino-alcohol motifs (C(OH)–C–C–N with tert-alkyl or cyclic N) is 1. The molecule has 0 bridgehead atoms. The molecule has 0 saturated carbocycles.